The molecule has 0 saturated heterocycles. The molecule has 0 spiro atoms. The van der Waals surface area contributed by atoms with E-state index in [0.717, 1.165) is 23.1 Å². The molecule has 0 radical (unpaired) electrons. The van der Waals surface area contributed by atoms with E-state index in [1.807, 2.05) is 23.9 Å². The van der Waals surface area contributed by atoms with E-state index in [4.69, 9.17) is 18.0 Å². The molecule has 1 nitrogen and oxygen atoms in total. The molecule has 1 aliphatic carbocycles. The Kier molecular flexibility index (Phi) is 5.44. The average Bonchev–Trinajstić information content (AvgIpc) is 2.33. The fraction of sp³-hybridized carbons (Fsp3) is 0.467. The first kappa shape index (κ1) is 13.8. The van der Waals surface area contributed by atoms with E-state index < -0.39 is 0 Å². The molecule has 0 bridgehead atoms. The van der Waals surface area contributed by atoms with Crippen molar-refractivity contribution in [2.45, 2.75) is 24.8 Å². The van der Waals surface area contributed by atoms with E-state index in [2.05, 4.69) is 23.4 Å². The third-order valence-electron chi connectivity index (χ3n) is 3.35. The second-order valence-electron chi connectivity index (χ2n) is 4.60. The standard InChI is InChI=1S/C15H18ClNS/c1-2-8-18-9-7-17-13-10-12(11-13)14-5-3-4-6-15(14)16/h1,3-6,12-13,17H,7-11H2. The first-order valence-electron chi connectivity index (χ1n) is 6.30. The molecular formula is C15H18ClNS. The molecule has 1 aromatic carbocycles. The first-order valence-corrected chi connectivity index (χ1v) is 7.83. The third kappa shape index (κ3) is 3.68. The molecule has 1 fully saturated rings. The van der Waals surface area contributed by atoms with Gasteiger partial charge in [0.1, 0.15) is 0 Å². The maximum absolute atomic E-state index is 6.20. The quantitative estimate of drug-likeness (QED) is 0.631. The summed E-state index contributed by atoms with van der Waals surface area (Å²) in [6.45, 7) is 1.05. The number of hydrogen-bond acceptors (Lipinski definition) is 2. The highest BCUT2D eigenvalue weighted by molar-refractivity contribution is 7.99. The summed E-state index contributed by atoms with van der Waals surface area (Å²) < 4.78 is 0. The van der Waals surface area contributed by atoms with Gasteiger partial charge in [-0.3, -0.25) is 0 Å². The van der Waals surface area contributed by atoms with Gasteiger partial charge < -0.3 is 5.32 Å². The highest BCUT2D eigenvalue weighted by Crippen LogP contribution is 2.39. The SMILES string of the molecule is C#CCSCCNC1CC(c2ccccc2Cl)C1. The monoisotopic (exact) mass is 279 g/mol. The van der Waals surface area contributed by atoms with Crippen molar-refractivity contribution >= 4 is 23.4 Å². The van der Waals surface area contributed by atoms with Gasteiger partial charge in [0, 0.05) is 23.4 Å². The maximum atomic E-state index is 6.20. The Labute approximate surface area is 119 Å². The van der Waals surface area contributed by atoms with Crippen LogP contribution in [0.15, 0.2) is 24.3 Å². The highest BCUT2D eigenvalue weighted by Gasteiger charge is 2.30. The summed E-state index contributed by atoms with van der Waals surface area (Å²) in [5.41, 5.74) is 1.30. The molecule has 1 saturated carbocycles. The molecule has 18 heavy (non-hydrogen) atoms. The zero-order chi connectivity index (χ0) is 12.8. The lowest BCUT2D eigenvalue weighted by atomic mass is 9.76. The number of benzene rings is 1. The molecule has 0 heterocycles. The number of terminal acetylenes is 1. The van der Waals surface area contributed by atoms with Gasteiger partial charge in [-0.05, 0) is 30.4 Å². The van der Waals surface area contributed by atoms with Gasteiger partial charge in [0.05, 0.1) is 5.75 Å². The minimum absolute atomic E-state index is 0.634. The summed E-state index contributed by atoms with van der Waals surface area (Å²) in [5.74, 6) is 5.18. The van der Waals surface area contributed by atoms with Crippen molar-refractivity contribution in [3.05, 3.63) is 34.9 Å². The van der Waals surface area contributed by atoms with Crippen LogP contribution in [0.3, 0.4) is 0 Å². The average molecular weight is 280 g/mol. The van der Waals surface area contributed by atoms with Gasteiger partial charge in [0.15, 0.2) is 0 Å². The van der Waals surface area contributed by atoms with Gasteiger partial charge in [-0.2, -0.15) is 0 Å². The number of nitrogens with one attached hydrogen (secondary N) is 1. The molecule has 3 heteroatoms. The summed E-state index contributed by atoms with van der Waals surface area (Å²) in [7, 11) is 0. The van der Waals surface area contributed by atoms with Crippen LogP contribution in [-0.4, -0.2) is 24.1 Å². The highest BCUT2D eigenvalue weighted by atomic mass is 35.5. The van der Waals surface area contributed by atoms with Gasteiger partial charge in [-0.25, -0.2) is 0 Å². The Morgan fingerprint density at radius 2 is 2.17 bits per heavy atom. The van der Waals surface area contributed by atoms with Crippen molar-refractivity contribution in [2.75, 3.05) is 18.1 Å². The summed E-state index contributed by atoms with van der Waals surface area (Å²) >= 11 is 8.01. The summed E-state index contributed by atoms with van der Waals surface area (Å²) in [6, 6.07) is 8.83. The molecular weight excluding hydrogens is 262 g/mol. The van der Waals surface area contributed by atoms with Crippen LogP contribution >= 0.6 is 23.4 Å². The van der Waals surface area contributed by atoms with Crippen LogP contribution in [0, 0.1) is 12.3 Å². The Morgan fingerprint density at radius 3 is 2.89 bits per heavy atom. The lowest BCUT2D eigenvalue weighted by molar-refractivity contribution is 0.296. The molecule has 0 aliphatic heterocycles. The van der Waals surface area contributed by atoms with Gasteiger partial charge in [-0.1, -0.05) is 35.7 Å². The van der Waals surface area contributed by atoms with Crippen LogP contribution in [0.5, 0.6) is 0 Å². The zero-order valence-electron chi connectivity index (χ0n) is 10.4. The maximum Gasteiger partial charge on any atom is 0.0545 e. The minimum atomic E-state index is 0.634. The van der Waals surface area contributed by atoms with Crippen LogP contribution in [0.25, 0.3) is 0 Å². The number of rotatable bonds is 6. The molecule has 0 amide bonds. The lowest BCUT2D eigenvalue weighted by Crippen LogP contribution is -2.41. The number of thioether (sulfide) groups is 1. The van der Waals surface area contributed by atoms with Gasteiger partial charge in [0.25, 0.3) is 0 Å². The van der Waals surface area contributed by atoms with E-state index in [9.17, 15) is 0 Å². The van der Waals surface area contributed by atoms with Gasteiger partial charge in [-0.15, -0.1) is 18.2 Å². The van der Waals surface area contributed by atoms with Crippen LogP contribution < -0.4 is 5.32 Å². The normalized spacial score (nSPS) is 22.2. The summed E-state index contributed by atoms with van der Waals surface area (Å²) in [6.07, 6.45) is 7.60. The molecule has 2 rings (SSSR count). The van der Waals surface area contributed by atoms with E-state index in [-0.39, 0.29) is 0 Å². The molecule has 0 atom stereocenters. The molecule has 0 unspecified atom stereocenters. The number of halogens is 1. The Bertz CT molecular complexity index is 421. The largest absolute Gasteiger partial charge is 0.313 e. The van der Waals surface area contributed by atoms with E-state index >= 15 is 0 Å². The second-order valence-corrected chi connectivity index (χ2v) is 6.11. The predicted molar refractivity (Wildman–Crippen MR) is 81.4 cm³/mol. The molecule has 1 aliphatic rings. The fourth-order valence-electron chi connectivity index (χ4n) is 2.31. The minimum Gasteiger partial charge on any atom is -0.313 e. The smallest absolute Gasteiger partial charge is 0.0545 e. The van der Waals surface area contributed by atoms with Crippen molar-refractivity contribution in [3.8, 4) is 12.3 Å². The summed E-state index contributed by atoms with van der Waals surface area (Å²) in [4.78, 5) is 0. The Balaban J connectivity index is 1.65. The molecule has 1 aromatic rings. The van der Waals surface area contributed by atoms with Crippen molar-refractivity contribution in [1.29, 1.82) is 0 Å². The fourth-order valence-corrected chi connectivity index (χ4v) is 3.13. The Morgan fingerprint density at radius 1 is 1.39 bits per heavy atom. The third-order valence-corrected chi connectivity index (χ3v) is 4.56. The van der Waals surface area contributed by atoms with Crippen LogP contribution in [-0.2, 0) is 0 Å². The summed E-state index contributed by atoms with van der Waals surface area (Å²) in [5, 5.41) is 4.47. The lowest BCUT2D eigenvalue weighted by Gasteiger charge is -2.36. The number of hydrogen-bond donors (Lipinski definition) is 1. The predicted octanol–water partition coefficient (Wildman–Crippen LogP) is 3.54. The van der Waals surface area contributed by atoms with Crippen molar-refractivity contribution < 1.29 is 0 Å². The van der Waals surface area contributed by atoms with Gasteiger partial charge in [0.2, 0.25) is 0 Å². The van der Waals surface area contributed by atoms with E-state index in [1.165, 1.54) is 18.4 Å². The molecule has 1 N–H and O–H groups in total. The first-order chi connectivity index (χ1) is 8.81. The zero-order valence-corrected chi connectivity index (χ0v) is 11.9. The van der Waals surface area contributed by atoms with E-state index in [0.29, 0.717) is 12.0 Å². The van der Waals surface area contributed by atoms with E-state index in [1.54, 1.807) is 0 Å². The van der Waals surface area contributed by atoms with Crippen LogP contribution in [0.4, 0.5) is 0 Å². The second kappa shape index (κ2) is 7.09. The van der Waals surface area contributed by atoms with Crippen molar-refractivity contribution in [2.24, 2.45) is 0 Å². The van der Waals surface area contributed by atoms with Crippen LogP contribution in [0.2, 0.25) is 5.02 Å². The topological polar surface area (TPSA) is 12.0 Å². The van der Waals surface area contributed by atoms with Crippen molar-refractivity contribution in [1.82, 2.24) is 5.32 Å². The van der Waals surface area contributed by atoms with Gasteiger partial charge >= 0.3 is 0 Å². The Hall–Kier alpha value is -0.620. The van der Waals surface area contributed by atoms with Crippen LogP contribution in [0.1, 0.15) is 24.3 Å². The van der Waals surface area contributed by atoms with Crippen molar-refractivity contribution in [3.63, 3.8) is 0 Å². The molecule has 96 valence electrons. The molecule has 0 aromatic heterocycles.